The van der Waals surface area contributed by atoms with Crippen molar-refractivity contribution in [1.82, 2.24) is 9.97 Å². The van der Waals surface area contributed by atoms with Crippen LogP contribution in [0.5, 0.6) is 5.75 Å². The summed E-state index contributed by atoms with van der Waals surface area (Å²) in [6, 6.07) is 15.7. The van der Waals surface area contributed by atoms with Gasteiger partial charge in [0.2, 0.25) is 5.91 Å². The van der Waals surface area contributed by atoms with Crippen molar-refractivity contribution in [3.05, 3.63) is 77.1 Å². The third kappa shape index (κ3) is 5.85. The van der Waals surface area contributed by atoms with E-state index in [2.05, 4.69) is 4.98 Å². The van der Waals surface area contributed by atoms with E-state index in [4.69, 9.17) is 21.3 Å². The first-order valence-electron chi connectivity index (χ1n) is 10.6. The second kappa shape index (κ2) is 11.0. The predicted molar refractivity (Wildman–Crippen MR) is 138 cm³/mol. The fourth-order valence-electron chi connectivity index (χ4n) is 3.36. The molecular weight excluding hydrogens is 474 g/mol. The van der Waals surface area contributed by atoms with Crippen LogP contribution in [0.15, 0.2) is 65.8 Å². The van der Waals surface area contributed by atoms with Gasteiger partial charge in [-0.25, -0.2) is 4.98 Å². The molecule has 0 atom stereocenters. The highest BCUT2D eigenvalue weighted by Crippen LogP contribution is 2.36. The molecule has 4 aromatic rings. The summed E-state index contributed by atoms with van der Waals surface area (Å²) in [6.07, 6.45) is 4.69. The summed E-state index contributed by atoms with van der Waals surface area (Å²) in [5, 5.41) is 1.33. The molecule has 0 saturated heterocycles. The van der Waals surface area contributed by atoms with E-state index in [9.17, 15) is 4.79 Å². The third-order valence-corrected chi connectivity index (χ3v) is 7.81. The molecule has 2 heterocycles. The normalized spacial score (nSPS) is 11.0. The van der Waals surface area contributed by atoms with Gasteiger partial charge in [-0.2, -0.15) is 0 Å². The van der Waals surface area contributed by atoms with Crippen molar-refractivity contribution in [2.45, 2.75) is 31.2 Å². The zero-order chi connectivity index (χ0) is 23.2. The molecule has 8 heteroatoms. The number of halogens is 1. The number of methoxy groups -OCH3 is 1. The smallest absolute Gasteiger partial charge is 0.229 e. The van der Waals surface area contributed by atoms with E-state index in [-0.39, 0.29) is 5.91 Å². The lowest BCUT2D eigenvalue weighted by molar-refractivity contribution is -0.118. The van der Waals surface area contributed by atoms with E-state index in [1.807, 2.05) is 55.5 Å². The number of carbonyl (C=O) groups is 1. The first-order valence-corrected chi connectivity index (χ1v) is 12.7. The highest BCUT2D eigenvalue weighted by Gasteiger charge is 2.21. The molecular formula is C25H24ClN3O2S2. The molecule has 0 unspecified atom stereocenters. The summed E-state index contributed by atoms with van der Waals surface area (Å²) in [7, 11) is 1.66. The average molecular weight is 498 g/mol. The number of rotatable bonds is 9. The number of amides is 1. The van der Waals surface area contributed by atoms with Gasteiger partial charge in [-0.15, -0.1) is 11.8 Å². The molecule has 0 aliphatic rings. The van der Waals surface area contributed by atoms with Crippen LogP contribution in [0.1, 0.15) is 24.0 Å². The maximum absolute atomic E-state index is 13.3. The number of aromatic nitrogens is 2. The predicted octanol–water partition coefficient (Wildman–Crippen LogP) is 6.77. The van der Waals surface area contributed by atoms with Gasteiger partial charge in [0.15, 0.2) is 5.13 Å². The highest BCUT2D eigenvalue weighted by atomic mass is 35.5. The summed E-state index contributed by atoms with van der Waals surface area (Å²) in [5.41, 5.74) is 2.90. The van der Waals surface area contributed by atoms with Gasteiger partial charge in [0.1, 0.15) is 5.75 Å². The molecule has 0 N–H and O–H groups in total. The largest absolute Gasteiger partial charge is 0.497 e. The summed E-state index contributed by atoms with van der Waals surface area (Å²) >= 11 is 9.61. The molecule has 0 aliphatic heterocycles. The molecule has 4 rings (SSSR count). The molecule has 2 aromatic heterocycles. The van der Waals surface area contributed by atoms with E-state index in [0.29, 0.717) is 23.1 Å². The lowest BCUT2D eigenvalue weighted by Gasteiger charge is -2.20. The second-order valence-corrected chi connectivity index (χ2v) is 10.1. The molecule has 0 saturated carbocycles. The number of hydrogen-bond donors (Lipinski definition) is 0. The van der Waals surface area contributed by atoms with Crippen molar-refractivity contribution < 1.29 is 9.53 Å². The Balaban J connectivity index is 1.47. The van der Waals surface area contributed by atoms with Crippen LogP contribution >= 0.6 is 34.7 Å². The molecule has 0 bridgehead atoms. The lowest BCUT2D eigenvalue weighted by atomic mass is 10.2. The minimum Gasteiger partial charge on any atom is -0.497 e. The standard InChI is InChI=1S/C25H24ClN3O2S2/c1-17-5-10-21(26)24-23(17)28-25(33-24)29(16-18-11-13-27-14-12-18)22(30)4-3-15-32-20-8-6-19(31-2)7-9-20/h5-14H,3-4,15-16H2,1-2H3. The minimum atomic E-state index is 0.0509. The summed E-state index contributed by atoms with van der Waals surface area (Å²) in [4.78, 5) is 25.1. The first-order chi connectivity index (χ1) is 16.0. The minimum absolute atomic E-state index is 0.0509. The average Bonchev–Trinajstić information content (AvgIpc) is 3.30. The van der Waals surface area contributed by atoms with Crippen molar-refractivity contribution in [3.8, 4) is 5.75 Å². The quantitative estimate of drug-likeness (QED) is 0.189. The van der Waals surface area contributed by atoms with Crippen LogP contribution in [0, 0.1) is 6.92 Å². The maximum atomic E-state index is 13.3. The van der Waals surface area contributed by atoms with Crippen molar-refractivity contribution >= 4 is 56.0 Å². The molecule has 33 heavy (non-hydrogen) atoms. The van der Waals surface area contributed by atoms with Gasteiger partial charge in [0.05, 0.1) is 28.9 Å². The summed E-state index contributed by atoms with van der Waals surface area (Å²) in [6.45, 7) is 2.46. The number of ether oxygens (including phenoxy) is 1. The van der Waals surface area contributed by atoms with Crippen molar-refractivity contribution in [1.29, 1.82) is 0 Å². The Bertz CT molecular complexity index is 1190. The van der Waals surface area contributed by atoms with Crippen LogP contribution in [-0.4, -0.2) is 28.7 Å². The number of anilines is 1. The molecule has 1 amide bonds. The van der Waals surface area contributed by atoms with Crippen molar-refractivity contribution in [3.63, 3.8) is 0 Å². The SMILES string of the molecule is COc1ccc(SCCCC(=O)N(Cc2ccncc2)c2nc3c(C)ccc(Cl)c3s2)cc1. The van der Waals surface area contributed by atoms with Crippen LogP contribution in [0.3, 0.4) is 0 Å². The topological polar surface area (TPSA) is 55.3 Å². The van der Waals surface area contributed by atoms with Gasteiger partial charge >= 0.3 is 0 Å². The Morgan fingerprint density at radius 2 is 1.88 bits per heavy atom. The lowest BCUT2D eigenvalue weighted by Crippen LogP contribution is -2.30. The fraction of sp³-hybridized carbons (Fsp3) is 0.240. The summed E-state index contributed by atoms with van der Waals surface area (Å²) in [5.74, 6) is 1.74. The van der Waals surface area contributed by atoms with Gasteiger partial charge in [-0.1, -0.05) is 29.0 Å². The van der Waals surface area contributed by atoms with Crippen LogP contribution in [0.25, 0.3) is 10.2 Å². The van der Waals surface area contributed by atoms with Crippen molar-refractivity contribution in [2.24, 2.45) is 0 Å². The summed E-state index contributed by atoms with van der Waals surface area (Å²) < 4.78 is 6.11. The number of benzene rings is 2. The third-order valence-electron chi connectivity index (χ3n) is 5.17. The fourth-order valence-corrected chi connectivity index (χ4v) is 5.55. The van der Waals surface area contributed by atoms with Crippen LogP contribution < -0.4 is 9.64 Å². The number of pyridine rings is 1. The number of thiazole rings is 1. The second-order valence-electron chi connectivity index (χ2n) is 7.50. The van der Waals surface area contributed by atoms with Crippen LogP contribution in [0.4, 0.5) is 5.13 Å². The van der Waals surface area contributed by atoms with Crippen LogP contribution in [-0.2, 0) is 11.3 Å². The van der Waals surface area contributed by atoms with Gasteiger partial charge in [-0.05, 0) is 72.7 Å². The molecule has 0 radical (unpaired) electrons. The number of thioether (sulfide) groups is 1. The van der Waals surface area contributed by atoms with E-state index in [1.54, 1.807) is 36.2 Å². The molecule has 2 aromatic carbocycles. The van der Waals surface area contributed by atoms with Crippen molar-refractivity contribution in [2.75, 3.05) is 17.8 Å². The van der Waals surface area contributed by atoms with E-state index in [1.165, 1.54) is 11.3 Å². The van der Waals surface area contributed by atoms with Gasteiger partial charge in [0.25, 0.3) is 0 Å². The zero-order valence-electron chi connectivity index (χ0n) is 18.5. The number of hydrogen-bond acceptors (Lipinski definition) is 6. The number of aryl methyl sites for hydroxylation is 1. The van der Waals surface area contributed by atoms with Crippen LogP contribution in [0.2, 0.25) is 5.02 Å². The number of carbonyl (C=O) groups excluding carboxylic acids is 1. The Kier molecular flexibility index (Phi) is 7.85. The Hall–Kier alpha value is -2.61. The Morgan fingerprint density at radius 1 is 1.12 bits per heavy atom. The number of fused-ring (bicyclic) bond motifs is 1. The van der Waals surface area contributed by atoms with E-state index >= 15 is 0 Å². The number of nitrogens with zero attached hydrogens (tertiary/aromatic N) is 3. The van der Waals surface area contributed by atoms with Gasteiger partial charge < -0.3 is 4.74 Å². The first kappa shape index (κ1) is 23.5. The van der Waals surface area contributed by atoms with Gasteiger partial charge in [-0.3, -0.25) is 14.7 Å². The maximum Gasteiger partial charge on any atom is 0.229 e. The monoisotopic (exact) mass is 497 g/mol. The van der Waals surface area contributed by atoms with E-state index in [0.717, 1.165) is 44.2 Å². The molecule has 170 valence electrons. The molecule has 5 nitrogen and oxygen atoms in total. The molecule has 0 aliphatic carbocycles. The zero-order valence-corrected chi connectivity index (χ0v) is 20.8. The Labute approximate surface area is 206 Å². The van der Waals surface area contributed by atoms with E-state index < -0.39 is 0 Å². The van der Waals surface area contributed by atoms with Gasteiger partial charge in [0, 0.05) is 23.7 Å². The Morgan fingerprint density at radius 3 is 2.58 bits per heavy atom. The molecule has 0 spiro atoms. The highest BCUT2D eigenvalue weighted by molar-refractivity contribution is 7.99. The molecule has 0 fully saturated rings.